The van der Waals surface area contributed by atoms with Crippen LogP contribution in [0.4, 0.5) is 28.7 Å². The Morgan fingerprint density at radius 1 is 1.06 bits per heavy atom. The Morgan fingerprint density at radius 3 is 2.52 bits per heavy atom. The van der Waals surface area contributed by atoms with E-state index in [1.165, 1.54) is 6.33 Å². The van der Waals surface area contributed by atoms with Crippen LogP contribution in [-0.4, -0.2) is 48.2 Å². The van der Waals surface area contributed by atoms with Crippen molar-refractivity contribution in [1.29, 1.82) is 0 Å². The molecule has 10 heteroatoms. The Hall–Kier alpha value is -3.59. The van der Waals surface area contributed by atoms with Crippen LogP contribution in [0.1, 0.15) is 0 Å². The standard InChI is InChI=1S/C21H21ClN6O3/c1-31-18-7-3-5-16(13-18)25-20-19(28(29)30)21(24-14-23-20)27-10-8-26(9-11-27)17-6-2-4-15(22)12-17/h2-7,12-14H,8-11H2,1H3,(H,23,24,25). The average molecular weight is 441 g/mol. The zero-order valence-electron chi connectivity index (χ0n) is 16.9. The van der Waals surface area contributed by atoms with Crippen LogP contribution in [0.3, 0.4) is 0 Å². The third-order valence-electron chi connectivity index (χ3n) is 5.07. The summed E-state index contributed by atoms with van der Waals surface area (Å²) >= 11 is 6.10. The van der Waals surface area contributed by atoms with Gasteiger partial charge in [0.1, 0.15) is 12.1 Å². The number of benzene rings is 2. The molecule has 0 saturated carbocycles. The van der Waals surface area contributed by atoms with E-state index in [1.807, 2.05) is 29.2 Å². The van der Waals surface area contributed by atoms with Gasteiger partial charge in [-0.25, -0.2) is 9.97 Å². The maximum Gasteiger partial charge on any atom is 0.353 e. The highest BCUT2D eigenvalue weighted by molar-refractivity contribution is 6.30. The zero-order chi connectivity index (χ0) is 21.8. The number of ether oxygens (including phenoxy) is 1. The van der Waals surface area contributed by atoms with Crippen LogP contribution in [-0.2, 0) is 0 Å². The van der Waals surface area contributed by atoms with Gasteiger partial charge < -0.3 is 19.9 Å². The molecule has 3 aromatic rings. The molecule has 0 bridgehead atoms. The molecule has 0 spiro atoms. The molecule has 0 atom stereocenters. The number of piperazine rings is 1. The van der Waals surface area contributed by atoms with Gasteiger partial charge in [-0.15, -0.1) is 0 Å². The van der Waals surface area contributed by atoms with Crippen LogP contribution in [0.15, 0.2) is 54.9 Å². The summed E-state index contributed by atoms with van der Waals surface area (Å²) in [5, 5.41) is 15.6. The predicted molar refractivity (Wildman–Crippen MR) is 121 cm³/mol. The first-order valence-electron chi connectivity index (χ1n) is 9.71. The fraction of sp³-hybridized carbons (Fsp3) is 0.238. The highest BCUT2D eigenvalue weighted by Gasteiger charge is 2.29. The molecular formula is C21H21ClN6O3. The first-order valence-corrected chi connectivity index (χ1v) is 10.1. The predicted octanol–water partition coefficient (Wildman–Crippen LogP) is 4.12. The number of nitro groups is 1. The molecule has 1 aromatic heterocycles. The third-order valence-corrected chi connectivity index (χ3v) is 5.31. The van der Waals surface area contributed by atoms with E-state index in [2.05, 4.69) is 20.2 Å². The van der Waals surface area contributed by atoms with Gasteiger partial charge in [-0.1, -0.05) is 23.7 Å². The fourth-order valence-electron chi connectivity index (χ4n) is 3.55. The number of aromatic nitrogens is 2. The molecule has 4 rings (SSSR count). The van der Waals surface area contributed by atoms with Gasteiger partial charge in [-0.3, -0.25) is 10.1 Å². The Kier molecular flexibility index (Phi) is 6.03. The van der Waals surface area contributed by atoms with E-state index in [4.69, 9.17) is 16.3 Å². The average Bonchev–Trinajstić information content (AvgIpc) is 2.79. The van der Waals surface area contributed by atoms with Gasteiger partial charge in [0.15, 0.2) is 0 Å². The van der Waals surface area contributed by atoms with Gasteiger partial charge >= 0.3 is 5.69 Å². The van der Waals surface area contributed by atoms with E-state index in [-0.39, 0.29) is 11.5 Å². The minimum Gasteiger partial charge on any atom is -0.497 e. The van der Waals surface area contributed by atoms with Crippen LogP contribution in [0.2, 0.25) is 5.02 Å². The molecular weight excluding hydrogens is 420 g/mol. The van der Waals surface area contributed by atoms with E-state index in [9.17, 15) is 10.1 Å². The summed E-state index contributed by atoms with van der Waals surface area (Å²) in [4.78, 5) is 24.0. The van der Waals surface area contributed by atoms with Gasteiger partial charge in [-0.05, 0) is 30.3 Å². The topological polar surface area (TPSA) is 96.7 Å². The Morgan fingerprint density at radius 2 is 1.81 bits per heavy atom. The second-order valence-corrected chi connectivity index (χ2v) is 7.40. The van der Waals surface area contributed by atoms with Crippen molar-refractivity contribution in [1.82, 2.24) is 9.97 Å². The SMILES string of the molecule is COc1cccc(Nc2ncnc(N3CCN(c4cccc(Cl)c4)CC3)c2[N+](=O)[O-])c1. The van der Waals surface area contributed by atoms with E-state index in [0.29, 0.717) is 48.5 Å². The molecule has 0 radical (unpaired) electrons. The molecule has 1 N–H and O–H groups in total. The van der Waals surface area contributed by atoms with Crippen molar-refractivity contribution in [2.75, 3.05) is 48.4 Å². The number of rotatable bonds is 6. The highest BCUT2D eigenvalue weighted by atomic mass is 35.5. The molecule has 2 aromatic carbocycles. The van der Waals surface area contributed by atoms with Crippen LogP contribution in [0, 0.1) is 10.1 Å². The number of anilines is 4. The zero-order valence-corrected chi connectivity index (χ0v) is 17.6. The monoisotopic (exact) mass is 440 g/mol. The summed E-state index contributed by atoms with van der Waals surface area (Å²) in [5.74, 6) is 1.08. The van der Waals surface area contributed by atoms with E-state index >= 15 is 0 Å². The smallest absolute Gasteiger partial charge is 0.353 e. The third kappa shape index (κ3) is 4.61. The first kappa shape index (κ1) is 20.7. The molecule has 1 aliphatic heterocycles. The summed E-state index contributed by atoms with van der Waals surface area (Å²) in [6.07, 6.45) is 1.34. The van der Waals surface area contributed by atoms with Gasteiger partial charge in [0.2, 0.25) is 11.6 Å². The molecule has 0 amide bonds. The fourth-order valence-corrected chi connectivity index (χ4v) is 3.73. The molecule has 1 saturated heterocycles. The minimum atomic E-state index is -0.443. The molecule has 1 aliphatic rings. The lowest BCUT2D eigenvalue weighted by atomic mass is 10.2. The quantitative estimate of drug-likeness (QED) is 0.451. The second kappa shape index (κ2) is 9.05. The van der Waals surface area contributed by atoms with Crippen molar-refractivity contribution in [2.24, 2.45) is 0 Å². The van der Waals surface area contributed by atoms with Crippen molar-refractivity contribution in [3.63, 3.8) is 0 Å². The molecule has 1 fully saturated rings. The lowest BCUT2D eigenvalue weighted by molar-refractivity contribution is -0.383. The number of hydrogen-bond donors (Lipinski definition) is 1. The Balaban J connectivity index is 1.56. The number of halogens is 1. The van der Waals surface area contributed by atoms with Crippen LogP contribution < -0.4 is 19.9 Å². The highest BCUT2D eigenvalue weighted by Crippen LogP contribution is 2.35. The van der Waals surface area contributed by atoms with Crippen LogP contribution >= 0.6 is 11.6 Å². The molecule has 0 aliphatic carbocycles. The molecule has 2 heterocycles. The molecule has 31 heavy (non-hydrogen) atoms. The van der Waals surface area contributed by atoms with Crippen LogP contribution in [0.5, 0.6) is 5.75 Å². The van der Waals surface area contributed by atoms with Crippen molar-refractivity contribution >= 4 is 40.3 Å². The number of hydrogen-bond acceptors (Lipinski definition) is 8. The van der Waals surface area contributed by atoms with Gasteiger partial charge in [0.05, 0.1) is 12.0 Å². The van der Waals surface area contributed by atoms with Gasteiger partial charge in [0.25, 0.3) is 0 Å². The Labute approximate surface area is 184 Å². The van der Waals surface area contributed by atoms with Gasteiger partial charge in [-0.2, -0.15) is 0 Å². The number of nitrogens with zero attached hydrogens (tertiary/aromatic N) is 5. The summed E-state index contributed by atoms with van der Waals surface area (Å²) in [6.45, 7) is 2.56. The van der Waals surface area contributed by atoms with E-state index in [0.717, 1.165) is 5.69 Å². The molecule has 0 unspecified atom stereocenters. The molecule has 9 nitrogen and oxygen atoms in total. The summed E-state index contributed by atoms with van der Waals surface area (Å²) in [5.41, 5.74) is 1.52. The van der Waals surface area contributed by atoms with Crippen molar-refractivity contribution in [2.45, 2.75) is 0 Å². The van der Waals surface area contributed by atoms with Crippen molar-refractivity contribution in [3.05, 3.63) is 70.0 Å². The maximum absolute atomic E-state index is 11.9. The van der Waals surface area contributed by atoms with Crippen molar-refractivity contribution < 1.29 is 9.66 Å². The molecule has 160 valence electrons. The summed E-state index contributed by atoms with van der Waals surface area (Å²) in [6, 6.07) is 14.8. The van der Waals surface area contributed by atoms with Gasteiger partial charge in [0, 0.05) is 48.6 Å². The maximum atomic E-state index is 11.9. The lowest BCUT2D eigenvalue weighted by Crippen LogP contribution is -2.47. The van der Waals surface area contributed by atoms with Crippen molar-refractivity contribution in [3.8, 4) is 5.75 Å². The van der Waals surface area contributed by atoms with E-state index < -0.39 is 4.92 Å². The Bertz CT molecular complexity index is 1090. The van der Waals surface area contributed by atoms with Crippen LogP contribution in [0.25, 0.3) is 0 Å². The number of nitrogens with one attached hydrogen (secondary N) is 1. The largest absolute Gasteiger partial charge is 0.497 e. The second-order valence-electron chi connectivity index (χ2n) is 6.96. The number of methoxy groups -OCH3 is 1. The minimum absolute atomic E-state index is 0.139. The van der Waals surface area contributed by atoms with E-state index in [1.54, 1.807) is 31.4 Å². The summed E-state index contributed by atoms with van der Waals surface area (Å²) in [7, 11) is 1.56. The normalized spacial score (nSPS) is 13.7. The first-order chi connectivity index (χ1) is 15.0. The summed E-state index contributed by atoms with van der Waals surface area (Å²) < 4.78 is 5.22. The lowest BCUT2D eigenvalue weighted by Gasteiger charge is -2.36.